The van der Waals surface area contributed by atoms with Gasteiger partial charge in [-0.1, -0.05) is 36.4 Å². The second-order valence-electron chi connectivity index (χ2n) is 5.97. The molecule has 9 N–H and O–H groups in total. The quantitative estimate of drug-likeness (QED) is 0.188. The molecular weight excluding hydrogens is 388 g/mol. The molecule has 152 valence electrons. The third-order valence-electron chi connectivity index (χ3n) is 4.18. The minimum Gasteiger partial charge on any atom is -0.289 e. The molecule has 0 aliphatic heterocycles. The molecule has 0 aliphatic rings. The zero-order valence-corrected chi connectivity index (χ0v) is 15.5. The Labute approximate surface area is 170 Å². The smallest absolute Gasteiger partial charge is 0.284 e. The first-order valence-electron chi connectivity index (χ1n) is 8.60. The molecule has 0 unspecified atom stereocenters. The third-order valence-corrected chi connectivity index (χ3v) is 4.18. The molecule has 2 heterocycles. The van der Waals surface area contributed by atoms with E-state index in [1.807, 2.05) is 16.3 Å². The van der Waals surface area contributed by atoms with Gasteiger partial charge in [0, 0.05) is 11.1 Å². The van der Waals surface area contributed by atoms with Crippen LogP contribution in [0.2, 0.25) is 0 Å². The van der Waals surface area contributed by atoms with Gasteiger partial charge in [-0.2, -0.15) is 0 Å². The highest BCUT2D eigenvalue weighted by molar-refractivity contribution is 6.05. The number of hydrogen-bond acceptors (Lipinski definition) is 8. The van der Waals surface area contributed by atoms with Crippen molar-refractivity contribution in [3.05, 3.63) is 71.7 Å². The van der Waals surface area contributed by atoms with E-state index in [1.165, 1.54) is 12.1 Å². The molecule has 11 nitrogen and oxygen atoms in total. The Morgan fingerprint density at radius 1 is 0.700 bits per heavy atom. The summed E-state index contributed by atoms with van der Waals surface area (Å²) in [6.07, 6.45) is 0. The van der Waals surface area contributed by atoms with Crippen molar-refractivity contribution in [3.63, 3.8) is 0 Å². The van der Waals surface area contributed by atoms with Crippen molar-refractivity contribution in [2.24, 2.45) is 17.5 Å². The summed E-state index contributed by atoms with van der Waals surface area (Å²) in [6, 6.07) is 15.0. The van der Waals surface area contributed by atoms with E-state index in [-0.39, 0.29) is 17.1 Å². The number of nitrogens with zero attached hydrogens (tertiary/aromatic N) is 2. The normalized spacial score (nSPS) is 10.2. The summed E-state index contributed by atoms with van der Waals surface area (Å²) in [4.78, 5) is 45.0. The number of carbonyl (C=O) groups excluding carboxylic acids is 3. The van der Waals surface area contributed by atoms with Crippen LogP contribution in [0, 0.1) is 0 Å². The SMILES string of the molecule is NNC(=O)c1cccc(-c2cc(C(=O)NN)nc(C(=O)NN)c2-c2ccccc2)n1. The molecule has 2 aromatic heterocycles. The van der Waals surface area contributed by atoms with Crippen LogP contribution >= 0.6 is 0 Å². The van der Waals surface area contributed by atoms with E-state index < -0.39 is 17.7 Å². The topological polar surface area (TPSA) is 191 Å². The maximum atomic E-state index is 12.5. The van der Waals surface area contributed by atoms with Crippen molar-refractivity contribution in [2.75, 3.05) is 0 Å². The van der Waals surface area contributed by atoms with Gasteiger partial charge in [0.2, 0.25) is 0 Å². The van der Waals surface area contributed by atoms with E-state index >= 15 is 0 Å². The molecule has 0 aliphatic carbocycles. The van der Waals surface area contributed by atoms with Crippen LogP contribution in [0.15, 0.2) is 54.6 Å². The lowest BCUT2D eigenvalue weighted by molar-refractivity contribution is 0.0935. The molecule has 11 heteroatoms. The zero-order valence-electron chi connectivity index (χ0n) is 15.5. The summed E-state index contributed by atoms with van der Waals surface area (Å²) >= 11 is 0. The summed E-state index contributed by atoms with van der Waals surface area (Å²) in [5.41, 5.74) is 7.45. The van der Waals surface area contributed by atoms with Crippen LogP contribution in [0.1, 0.15) is 31.5 Å². The van der Waals surface area contributed by atoms with Gasteiger partial charge in [-0.25, -0.2) is 27.5 Å². The molecule has 0 radical (unpaired) electrons. The van der Waals surface area contributed by atoms with Crippen LogP contribution in [-0.2, 0) is 0 Å². The molecule has 3 amide bonds. The molecule has 0 saturated carbocycles. The lowest BCUT2D eigenvalue weighted by Gasteiger charge is -2.16. The van der Waals surface area contributed by atoms with Gasteiger partial charge in [-0.05, 0) is 23.8 Å². The van der Waals surface area contributed by atoms with Crippen molar-refractivity contribution >= 4 is 17.7 Å². The van der Waals surface area contributed by atoms with Crippen molar-refractivity contribution in [1.29, 1.82) is 0 Å². The highest BCUT2D eigenvalue weighted by atomic mass is 16.2. The summed E-state index contributed by atoms with van der Waals surface area (Å²) < 4.78 is 0. The lowest BCUT2D eigenvalue weighted by Crippen LogP contribution is -2.34. The number of rotatable bonds is 5. The van der Waals surface area contributed by atoms with Gasteiger partial charge in [0.05, 0.1) is 5.69 Å². The fourth-order valence-corrected chi connectivity index (χ4v) is 2.85. The number of amides is 3. The summed E-state index contributed by atoms with van der Waals surface area (Å²) in [5, 5.41) is 0. The first kappa shape index (κ1) is 20.5. The van der Waals surface area contributed by atoms with E-state index in [4.69, 9.17) is 17.5 Å². The fourth-order valence-electron chi connectivity index (χ4n) is 2.85. The average Bonchev–Trinajstić information content (AvgIpc) is 2.82. The number of nitrogens with one attached hydrogen (secondary N) is 3. The van der Waals surface area contributed by atoms with E-state index in [0.29, 0.717) is 22.4 Å². The number of hydrogen-bond donors (Lipinski definition) is 6. The third kappa shape index (κ3) is 3.98. The van der Waals surface area contributed by atoms with Crippen LogP contribution in [0.3, 0.4) is 0 Å². The Bertz CT molecular complexity index is 1120. The largest absolute Gasteiger partial charge is 0.289 e. The van der Waals surface area contributed by atoms with Gasteiger partial charge in [0.1, 0.15) is 17.1 Å². The van der Waals surface area contributed by atoms with Crippen molar-refractivity contribution in [3.8, 4) is 22.4 Å². The van der Waals surface area contributed by atoms with Gasteiger partial charge in [-0.3, -0.25) is 30.7 Å². The van der Waals surface area contributed by atoms with Gasteiger partial charge >= 0.3 is 0 Å². The summed E-state index contributed by atoms with van der Waals surface area (Å²) in [5.74, 6) is 13.7. The standard InChI is InChI=1S/C19H18N8O3/c20-25-17(28)13-8-4-7-12(23-13)11-9-14(18(29)26-21)24-16(19(30)27-22)15(11)10-5-2-1-3-6-10/h1-9H,20-22H2,(H,25,28)(H,26,29)(H,27,30). The molecule has 3 aromatic rings. The predicted molar refractivity (Wildman–Crippen MR) is 108 cm³/mol. The van der Waals surface area contributed by atoms with E-state index in [2.05, 4.69) is 9.97 Å². The Kier molecular flexibility index (Phi) is 6.08. The molecule has 0 atom stereocenters. The van der Waals surface area contributed by atoms with Crippen LogP contribution in [0.4, 0.5) is 0 Å². The monoisotopic (exact) mass is 406 g/mol. The Morgan fingerprint density at radius 2 is 1.33 bits per heavy atom. The van der Waals surface area contributed by atoms with Crippen LogP contribution < -0.4 is 33.8 Å². The van der Waals surface area contributed by atoms with Gasteiger partial charge in [-0.15, -0.1) is 0 Å². The maximum Gasteiger partial charge on any atom is 0.284 e. The minimum atomic E-state index is -0.724. The number of pyridine rings is 2. The van der Waals surface area contributed by atoms with Crippen LogP contribution in [-0.4, -0.2) is 27.7 Å². The number of hydrazine groups is 3. The van der Waals surface area contributed by atoms with Crippen LogP contribution in [0.5, 0.6) is 0 Å². The minimum absolute atomic E-state index is 0.0421. The molecule has 0 bridgehead atoms. The summed E-state index contributed by atoms with van der Waals surface area (Å²) in [7, 11) is 0. The van der Waals surface area contributed by atoms with Crippen molar-refractivity contribution in [1.82, 2.24) is 26.2 Å². The first-order chi connectivity index (χ1) is 14.5. The highest BCUT2D eigenvalue weighted by Crippen LogP contribution is 2.34. The Morgan fingerprint density at radius 3 is 1.97 bits per heavy atom. The van der Waals surface area contributed by atoms with E-state index in [1.54, 1.807) is 42.5 Å². The first-order valence-corrected chi connectivity index (χ1v) is 8.60. The number of carbonyl (C=O) groups is 3. The molecule has 30 heavy (non-hydrogen) atoms. The van der Waals surface area contributed by atoms with E-state index in [9.17, 15) is 14.4 Å². The van der Waals surface area contributed by atoms with Crippen molar-refractivity contribution in [2.45, 2.75) is 0 Å². The maximum absolute atomic E-state index is 12.5. The summed E-state index contributed by atoms with van der Waals surface area (Å²) in [6.45, 7) is 0. The van der Waals surface area contributed by atoms with Gasteiger partial charge in [0.25, 0.3) is 17.7 Å². The Hall–Kier alpha value is -4.19. The zero-order chi connectivity index (χ0) is 21.7. The average molecular weight is 406 g/mol. The number of aromatic nitrogens is 2. The fraction of sp³-hybridized carbons (Fsp3) is 0. The molecule has 3 rings (SSSR count). The number of benzene rings is 1. The van der Waals surface area contributed by atoms with Crippen LogP contribution in [0.25, 0.3) is 22.4 Å². The van der Waals surface area contributed by atoms with Gasteiger partial charge in [0.15, 0.2) is 0 Å². The molecule has 0 spiro atoms. The van der Waals surface area contributed by atoms with E-state index in [0.717, 1.165) is 0 Å². The highest BCUT2D eigenvalue weighted by Gasteiger charge is 2.23. The predicted octanol–water partition coefficient (Wildman–Crippen LogP) is -0.379. The van der Waals surface area contributed by atoms with Crippen molar-refractivity contribution < 1.29 is 14.4 Å². The van der Waals surface area contributed by atoms with Gasteiger partial charge < -0.3 is 0 Å². The number of nitrogens with two attached hydrogens (primary N) is 3. The Balaban J connectivity index is 2.38. The second-order valence-corrected chi connectivity index (χ2v) is 5.97. The molecular formula is C19H18N8O3. The molecule has 0 fully saturated rings. The number of nitrogen functional groups attached to an aromatic ring is 3. The molecule has 1 aromatic carbocycles. The second kappa shape index (κ2) is 8.87. The molecule has 0 saturated heterocycles. The lowest BCUT2D eigenvalue weighted by atomic mass is 9.94.